The second-order valence-corrected chi connectivity index (χ2v) is 7.92. The molecular formula is C20H29N5O5. The molecule has 3 aliphatic rings. The van der Waals surface area contributed by atoms with Crippen molar-refractivity contribution in [1.82, 2.24) is 19.9 Å². The Balaban J connectivity index is 0.000000385. The lowest BCUT2D eigenvalue weighted by Crippen LogP contribution is -2.48. The van der Waals surface area contributed by atoms with Gasteiger partial charge < -0.3 is 25.2 Å². The van der Waals surface area contributed by atoms with E-state index in [-0.39, 0.29) is 19.0 Å². The van der Waals surface area contributed by atoms with Crippen LogP contribution in [0.15, 0.2) is 18.6 Å². The number of aromatic amines is 1. The predicted molar refractivity (Wildman–Crippen MR) is 110 cm³/mol. The molecule has 0 spiro atoms. The second-order valence-electron chi connectivity index (χ2n) is 7.92. The molecule has 2 aromatic heterocycles. The van der Waals surface area contributed by atoms with E-state index in [0.29, 0.717) is 17.9 Å². The van der Waals surface area contributed by atoms with E-state index >= 15 is 0 Å². The molecule has 1 aliphatic carbocycles. The maximum atomic E-state index is 10.7. The highest BCUT2D eigenvalue weighted by atomic mass is 16.3. The van der Waals surface area contributed by atoms with E-state index in [0.717, 1.165) is 42.8 Å². The Bertz CT molecular complexity index is 819. The van der Waals surface area contributed by atoms with Crippen molar-refractivity contribution in [3.8, 4) is 0 Å². The molecule has 0 amide bonds. The number of nitrogens with zero attached hydrogens (tertiary/aromatic N) is 4. The lowest BCUT2D eigenvalue weighted by Gasteiger charge is -2.40. The lowest BCUT2D eigenvalue weighted by atomic mass is 9.77. The highest BCUT2D eigenvalue weighted by Gasteiger charge is 2.44. The lowest BCUT2D eigenvalue weighted by molar-refractivity contribution is -0.123. The van der Waals surface area contributed by atoms with Crippen molar-refractivity contribution in [2.45, 2.75) is 37.8 Å². The third kappa shape index (κ3) is 4.71. The minimum atomic E-state index is -0.250. The van der Waals surface area contributed by atoms with Crippen molar-refractivity contribution in [2.24, 2.45) is 11.8 Å². The van der Waals surface area contributed by atoms with E-state index in [2.05, 4.69) is 30.8 Å². The first kappa shape index (κ1) is 22.0. The average Bonchev–Trinajstić information content (AvgIpc) is 3.48. The van der Waals surface area contributed by atoms with Gasteiger partial charge in [-0.3, -0.25) is 14.5 Å². The molecule has 30 heavy (non-hydrogen) atoms. The first-order valence-corrected chi connectivity index (χ1v) is 10.2. The maximum absolute atomic E-state index is 10.7. The van der Waals surface area contributed by atoms with Gasteiger partial charge in [-0.05, 0) is 56.7 Å². The third-order valence-electron chi connectivity index (χ3n) is 6.35. The maximum Gasteiger partial charge on any atom is 0.290 e. The number of anilines is 1. The van der Waals surface area contributed by atoms with Crippen LogP contribution in [0.5, 0.6) is 0 Å². The number of aromatic nitrogens is 3. The summed E-state index contributed by atoms with van der Waals surface area (Å²) in [6.07, 6.45) is 8.05. The van der Waals surface area contributed by atoms with Crippen molar-refractivity contribution in [3.63, 3.8) is 0 Å². The van der Waals surface area contributed by atoms with Gasteiger partial charge in [0, 0.05) is 25.3 Å². The predicted octanol–water partition coefficient (Wildman–Crippen LogP) is 1.03. The van der Waals surface area contributed by atoms with Gasteiger partial charge in [-0.15, -0.1) is 0 Å². The van der Waals surface area contributed by atoms with Crippen LogP contribution in [0.1, 0.15) is 25.7 Å². The Morgan fingerprint density at radius 1 is 1.03 bits per heavy atom. The van der Waals surface area contributed by atoms with Crippen LogP contribution in [-0.2, 0) is 9.59 Å². The fourth-order valence-electron chi connectivity index (χ4n) is 5.16. The molecule has 0 aromatic carbocycles. The molecule has 164 valence electrons. The van der Waals surface area contributed by atoms with Gasteiger partial charge in [0.1, 0.15) is 17.8 Å². The molecule has 2 aliphatic heterocycles. The first-order chi connectivity index (χ1) is 14.6. The second kappa shape index (κ2) is 10.4. The van der Waals surface area contributed by atoms with E-state index in [1.807, 2.05) is 6.20 Å². The molecule has 4 atom stereocenters. The van der Waals surface area contributed by atoms with E-state index in [9.17, 15) is 5.11 Å². The van der Waals surface area contributed by atoms with Gasteiger partial charge >= 0.3 is 0 Å². The molecule has 10 nitrogen and oxygen atoms in total. The molecule has 0 unspecified atom stereocenters. The number of carbonyl (C=O) groups is 2. The summed E-state index contributed by atoms with van der Waals surface area (Å²) in [6, 6.07) is 2.43. The molecule has 5 rings (SSSR count). The summed E-state index contributed by atoms with van der Waals surface area (Å²) in [6.45, 7) is 3.89. The van der Waals surface area contributed by atoms with Crippen LogP contribution in [0.3, 0.4) is 0 Å². The van der Waals surface area contributed by atoms with Gasteiger partial charge in [-0.25, -0.2) is 9.97 Å². The SMILES string of the molecule is O=CO.O=CO.O[C@@H]1C[C@H]2CN(c3ncnc4[nH]ccc34)C[C@H]2C[C@H]1N1CCCC1. The Morgan fingerprint density at radius 2 is 1.67 bits per heavy atom. The monoisotopic (exact) mass is 419 g/mol. The number of nitrogens with one attached hydrogen (secondary N) is 1. The van der Waals surface area contributed by atoms with Crippen molar-refractivity contribution in [1.29, 1.82) is 0 Å². The number of rotatable bonds is 2. The number of carboxylic acid groups (broad SMARTS) is 2. The van der Waals surface area contributed by atoms with Crippen molar-refractivity contribution >= 4 is 29.8 Å². The first-order valence-electron chi connectivity index (χ1n) is 10.2. The Hall–Kier alpha value is -2.72. The summed E-state index contributed by atoms with van der Waals surface area (Å²) in [5.74, 6) is 2.30. The highest BCUT2D eigenvalue weighted by Crippen LogP contribution is 2.41. The van der Waals surface area contributed by atoms with E-state index in [4.69, 9.17) is 19.8 Å². The number of hydrogen-bond acceptors (Lipinski definition) is 7. The molecule has 2 saturated heterocycles. The zero-order valence-electron chi connectivity index (χ0n) is 16.8. The van der Waals surface area contributed by atoms with Crippen molar-refractivity contribution in [2.75, 3.05) is 31.1 Å². The van der Waals surface area contributed by atoms with Gasteiger partial charge in [0.2, 0.25) is 0 Å². The van der Waals surface area contributed by atoms with Gasteiger partial charge in [0.05, 0.1) is 11.5 Å². The van der Waals surface area contributed by atoms with Crippen LogP contribution >= 0.6 is 0 Å². The zero-order valence-corrected chi connectivity index (χ0v) is 16.8. The van der Waals surface area contributed by atoms with Gasteiger partial charge in [-0.2, -0.15) is 0 Å². The van der Waals surface area contributed by atoms with Crippen LogP contribution in [-0.4, -0.2) is 86.4 Å². The van der Waals surface area contributed by atoms with Crippen LogP contribution in [0, 0.1) is 11.8 Å². The summed E-state index contributed by atoms with van der Waals surface area (Å²) in [4.78, 5) is 33.7. The highest BCUT2D eigenvalue weighted by molar-refractivity contribution is 5.87. The normalized spacial score (nSPS) is 28.1. The van der Waals surface area contributed by atoms with Gasteiger partial charge in [0.25, 0.3) is 12.9 Å². The molecule has 3 fully saturated rings. The molecule has 0 bridgehead atoms. The van der Waals surface area contributed by atoms with Crippen LogP contribution in [0.2, 0.25) is 0 Å². The van der Waals surface area contributed by atoms with E-state index in [1.54, 1.807) is 6.33 Å². The molecule has 4 heterocycles. The number of likely N-dealkylation sites (tertiary alicyclic amines) is 1. The standard InChI is InChI=1S/C18H25N5O.2CH2O2/c24-16-8-13-10-23(18-14-3-4-19-17(14)20-11-21-18)9-12(13)7-15(16)22-5-1-2-6-22;2*2-1-3/h3-4,11-13,15-16,24H,1-2,5-10H2,(H,19,20,21);2*1H,(H,2,3)/t12-,13+,15-,16-;;/m1../s1. The van der Waals surface area contributed by atoms with E-state index in [1.165, 1.54) is 25.9 Å². The molecular weight excluding hydrogens is 390 g/mol. The van der Waals surface area contributed by atoms with Crippen LogP contribution in [0.4, 0.5) is 5.82 Å². The number of aliphatic hydroxyl groups excluding tert-OH is 1. The fourth-order valence-corrected chi connectivity index (χ4v) is 5.16. The third-order valence-corrected chi connectivity index (χ3v) is 6.35. The summed E-state index contributed by atoms with van der Waals surface area (Å²) in [5.41, 5.74) is 0.907. The quantitative estimate of drug-likeness (QED) is 0.525. The van der Waals surface area contributed by atoms with Crippen LogP contribution < -0.4 is 4.90 Å². The summed E-state index contributed by atoms with van der Waals surface area (Å²) in [7, 11) is 0. The minimum absolute atomic E-state index is 0.165. The van der Waals surface area contributed by atoms with Crippen LogP contribution in [0.25, 0.3) is 11.0 Å². The number of hydrogen-bond donors (Lipinski definition) is 4. The van der Waals surface area contributed by atoms with Crippen molar-refractivity contribution < 1.29 is 24.9 Å². The fraction of sp³-hybridized carbons (Fsp3) is 0.600. The van der Waals surface area contributed by atoms with Gasteiger partial charge in [0.15, 0.2) is 0 Å². The van der Waals surface area contributed by atoms with E-state index < -0.39 is 0 Å². The zero-order chi connectivity index (χ0) is 21.5. The van der Waals surface area contributed by atoms with Gasteiger partial charge in [-0.1, -0.05) is 0 Å². The molecule has 1 saturated carbocycles. The molecule has 2 aromatic rings. The minimum Gasteiger partial charge on any atom is -0.483 e. The summed E-state index contributed by atoms with van der Waals surface area (Å²) in [5, 5.41) is 25.6. The molecule has 10 heteroatoms. The largest absolute Gasteiger partial charge is 0.483 e. The number of H-pyrrole nitrogens is 1. The Labute approximate surface area is 174 Å². The summed E-state index contributed by atoms with van der Waals surface area (Å²) < 4.78 is 0. The van der Waals surface area contributed by atoms with Crippen molar-refractivity contribution in [3.05, 3.63) is 18.6 Å². The smallest absolute Gasteiger partial charge is 0.290 e. The number of fused-ring (bicyclic) bond motifs is 2. The summed E-state index contributed by atoms with van der Waals surface area (Å²) >= 11 is 0. The average molecular weight is 419 g/mol. The topological polar surface area (TPSA) is 143 Å². The Kier molecular flexibility index (Phi) is 7.58. The molecule has 4 N–H and O–H groups in total. The number of aliphatic hydroxyl groups is 1. The molecule has 0 radical (unpaired) electrons. The Morgan fingerprint density at radius 3 is 2.33 bits per heavy atom.